The lowest BCUT2D eigenvalue weighted by Crippen LogP contribution is -2.36. The van der Waals surface area contributed by atoms with Gasteiger partial charge in [-0.2, -0.15) is 0 Å². The van der Waals surface area contributed by atoms with Gasteiger partial charge >= 0.3 is 11.7 Å². The molecular weight excluding hydrogens is 214 g/mol. The van der Waals surface area contributed by atoms with Gasteiger partial charge in [-0.25, -0.2) is 4.79 Å². The van der Waals surface area contributed by atoms with Crippen LogP contribution in [0.1, 0.15) is 6.92 Å². The molecule has 0 spiro atoms. The summed E-state index contributed by atoms with van der Waals surface area (Å²) in [6, 6.07) is 0.568. The van der Waals surface area contributed by atoms with Gasteiger partial charge < -0.3 is 10.0 Å². The molecule has 86 valence electrons. The second-order valence-electron chi connectivity index (χ2n) is 3.25. The summed E-state index contributed by atoms with van der Waals surface area (Å²) in [5.41, 5.74) is 0.0213. The number of hydrogen-bond donors (Lipinski definition) is 1. The highest BCUT2D eigenvalue weighted by Gasteiger charge is 2.23. The number of aromatic nitrogens is 1. The van der Waals surface area contributed by atoms with Gasteiger partial charge in [0.1, 0.15) is 17.9 Å². The summed E-state index contributed by atoms with van der Waals surface area (Å²) in [5.74, 6) is -1.05. The average Bonchev–Trinajstić information content (AvgIpc) is 2.26. The molecule has 1 rings (SSSR count). The Morgan fingerprint density at radius 1 is 1.69 bits per heavy atom. The average molecular weight is 225 g/mol. The molecule has 1 atom stereocenters. The number of carboxylic acids is 1. The van der Waals surface area contributed by atoms with Crippen LogP contribution in [-0.2, 0) is 4.79 Å². The van der Waals surface area contributed by atoms with Gasteiger partial charge in [-0.1, -0.05) is 0 Å². The Morgan fingerprint density at radius 2 is 2.31 bits per heavy atom. The number of aliphatic carboxylic acids is 1. The van der Waals surface area contributed by atoms with Gasteiger partial charge in [-0.15, -0.1) is 0 Å². The number of hydrogen-bond acceptors (Lipinski definition) is 5. The lowest BCUT2D eigenvalue weighted by molar-refractivity contribution is -0.384. The van der Waals surface area contributed by atoms with E-state index in [0.717, 1.165) is 6.20 Å². The minimum atomic E-state index is -1.05. The zero-order chi connectivity index (χ0) is 12.3. The van der Waals surface area contributed by atoms with Crippen molar-refractivity contribution in [2.45, 2.75) is 13.0 Å². The molecule has 7 nitrogen and oxygen atoms in total. The molecular formula is C9H11N3O4. The quantitative estimate of drug-likeness (QED) is 0.604. The smallest absolute Gasteiger partial charge is 0.326 e. The molecule has 1 aromatic heterocycles. The van der Waals surface area contributed by atoms with E-state index in [-0.39, 0.29) is 11.4 Å². The lowest BCUT2D eigenvalue weighted by atomic mass is 10.2. The number of rotatable bonds is 4. The molecule has 0 aliphatic rings. The van der Waals surface area contributed by atoms with Crippen molar-refractivity contribution in [2.75, 3.05) is 11.9 Å². The number of pyridine rings is 1. The molecule has 0 bridgehead atoms. The summed E-state index contributed by atoms with van der Waals surface area (Å²) in [6.07, 6.45) is 2.48. The van der Waals surface area contributed by atoms with Crippen molar-refractivity contribution in [3.05, 3.63) is 28.6 Å². The number of nitrogens with zero attached hydrogens (tertiary/aromatic N) is 3. The van der Waals surface area contributed by atoms with Crippen molar-refractivity contribution in [1.29, 1.82) is 0 Å². The highest BCUT2D eigenvalue weighted by atomic mass is 16.6. The van der Waals surface area contributed by atoms with Crippen LogP contribution in [-0.4, -0.2) is 34.1 Å². The topological polar surface area (TPSA) is 96.6 Å². The monoisotopic (exact) mass is 225 g/mol. The lowest BCUT2D eigenvalue weighted by Gasteiger charge is -2.22. The summed E-state index contributed by atoms with van der Waals surface area (Å²) in [6.45, 7) is 1.45. The van der Waals surface area contributed by atoms with Crippen LogP contribution in [0.3, 0.4) is 0 Å². The van der Waals surface area contributed by atoms with Crippen LogP contribution in [0.25, 0.3) is 0 Å². The van der Waals surface area contributed by atoms with E-state index >= 15 is 0 Å². The van der Waals surface area contributed by atoms with Crippen LogP contribution in [0.5, 0.6) is 0 Å². The molecule has 1 unspecified atom stereocenters. The van der Waals surface area contributed by atoms with E-state index in [4.69, 9.17) is 5.11 Å². The van der Waals surface area contributed by atoms with E-state index in [0.29, 0.717) is 0 Å². The molecule has 1 N–H and O–H groups in total. The summed E-state index contributed by atoms with van der Waals surface area (Å²) in [7, 11) is 1.49. The Hall–Kier alpha value is -2.18. The number of likely N-dealkylation sites (N-methyl/N-ethyl adjacent to an activating group) is 1. The molecule has 16 heavy (non-hydrogen) atoms. The minimum absolute atomic E-state index is 0.210. The van der Waals surface area contributed by atoms with E-state index < -0.39 is 16.9 Å². The largest absolute Gasteiger partial charge is 0.480 e. The third-order valence-corrected chi connectivity index (χ3v) is 2.29. The number of carbonyl (C=O) groups is 1. The van der Waals surface area contributed by atoms with E-state index in [1.54, 1.807) is 0 Å². The van der Waals surface area contributed by atoms with Crippen molar-refractivity contribution in [3.63, 3.8) is 0 Å². The SMILES string of the molecule is CC(C(=O)O)N(C)c1ccncc1[N+](=O)[O-]. The van der Waals surface area contributed by atoms with Crippen LogP contribution >= 0.6 is 0 Å². The van der Waals surface area contributed by atoms with Crippen molar-refractivity contribution >= 4 is 17.3 Å². The first kappa shape index (κ1) is 11.9. The van der Waals surface area contributed by atoms with Crippen LogP contribution in [0, 0.1) is 10.1 Å². The van der Waals surface area contributed by atoms with E-state index in [9.17, 15) is 14.9 Å². The van der Waals surface area contributed by atoms with E-state index in [1.807, 2.05) is 0 Å². The van der Waals surface area contributed by atoms with Crippen molar-refractivity contribution in [3.8, 4) is 0 Å². The first-order valence-electron chi connectivity index (χ1n) is 4.49. The third-order valence-electron chi connectivity index (χ3n) is 2.29. The standard InChI is InChI=1S/C9H11N3O4/c1-6(9(13)14)11(2)7-3-4-10-5-8(7)12(15)16/h3-6H,1-2H3,(H,13,14). The molecule has 0 amide bonds. The van der Waals surface area contributed by atoms with Gasteiger partial charge in [0.05, 0.1) is 4.92 Å². The molecule has 0 radical (unpaired) electrons. The van der Waals surface area contributed by atoms with Crippen LogP contribution in [0.15, 0.2) is 18.5 Å². The Bertz CT molecular complexity index is 421. The molecule has 7 heteroatoms. The van der Waals surface area contributed by atoms with E-state index in [1.165, 1.54) is 31.1 Å². The van der Waals surface area contributed by atoms with Crippen LogP contribution in [0.4, 0.5) is 11.4 Å². The number of nitro groups is 1. The zero-order valence-corrected chi connectivity index (χ0v) is 8.82. The highest BCUT2D eigenvalue weighted by molar-refractivity contribution is 5.79. The third kappa shape index (κ3) is 2.25. The fourth-order valence-electron chi connectivity index (χ4n) is 1.19. The Kier molecular flexibility index (Phi) is 3.39. The van der Waals surface area contributed by atoms with Gasteiger partial charge in [-0.05, 0) is 13.0 Å². The summed E-state index contributed by atoms with van der Waals surface area (Å²) in [5, 5.41) is 19.5. The molecule has 0 fully saturated rings. The molecule has 0 saturated heterocycles. The molecule has 1 heterocycles. The van der Waals surface area contributed by atoms with Crippen molar-refractivity contribution in [1.82, 2.24) is 4.98 Å². The predicted molar refractivity (Wildman–Crippen MR) is 56.4 cm³/mol. The van der Waals surface area contributed by atoms with Crippen molar-refractivity contribution in [2.24, 2.45) is 0 Å². The summed E-state index contributed by atoms with van der Waals surface area (Å²) >= 11 is 0. The maximum Gasteiger partial charge on any atom is 0.326 e. The minimum Gasteiger partial charge on any atom is -0.480 e. The second-order valence-corrected chi connectivity index (χ2v) is 3.25. The molecule has 0 aliphatic carbocycles. The Morgan fingerprint density at radius 3 is 2.81 bits per heavy atom. The molecule has 1 aromatic rings. The van der Waals surface area contributed by atoms with Gasteiger partial charge in [0, 0.05) is 13.2 Å². The summed E-state index contributed by atoms with van der Waals surface area (Å²) < 4.78 is 0. The van der Waals surface area contributed by atoms with Gasteiger partial charge in [0.25, 0.3) is 0 Å². The maximum absolute atomic E-state index is 10.8. The van der Waals surface area contributed by atoms with Gasteiger partial charge in [-0.3, -0.25) is 15.1 Å². The first-order valence-corrected chi connectivity index (χ1v) is 4.49. The molecule has 0 aromatic carbocycles. The second kappa shape index (κ2) is 4.56. The fourth-order valence-corrected chi connectivity index (χ4v) is 1.19. The maximum atomic E-state index is 10.8. The van der Waals surface area contributed by atoms with Crippen molar-refractivity contribution < 1.29 is 14.8 Å². The Labute approximate surface area is 91.5 Å². The molecule has 0 saturated carbocycles. The first-order chi connectivity index (χ1) is 7.45. The van der Waals surface area contributed by atoms with Gasteiger partial charge in [0.15, 0.2) is 0 Å². The van der Waals surface area contributed by atoms with Crippen LogP contribution in [0.2, 0.25) is 0 Å². The zero-order valence-electron chi connectivity index (χ0n) is 8.82. The van der Waals surface area contributed by atoms with E-state index in [2.05, 4.69) is 4.98 Å². The Balaban J connectivity index is 3.12. The summed E-state index contributed by atoms with van der Waals surface area (Å²) in [4.78, 5) is 25.8. The normalized spacial score (nSPS) is 11.9. The number of carboxylic acid groups (broad SMARTS) is 1. The number of anilines is 1. The molecule has 0 aliphatic heterocycles. The van der Waals surface area contributed by atoms with Gasteiger partial charge in [0.2, 0.25) is 0 Å². The fraction of sp³-hybridized carbons (Fsp3) is 0.333. The highest BCUT2D eigenvalue weighted by Crippen LogP contribution is 2.26. The van der Waals surface area contributed by atoms with Crippen LogP contribution < -0.4 is 4.90 Å². The predicted octanol–water partition coefficient (Wildman–Crippen LogP) is 0.899.